The molecule has 1 heterocycles. The van der Waals surface area contributed by atoms with Gasteiger partial charge in [0.2, 0.25) is 5.91 Å². The minimum atomic E-state index is 0.105. The fourth-order valence-corrected chi connectivity index (χ4v) is 3.08. The number of rotatable bonds is 5. The molecule has 0 radical (unpaired) electrons. The summed E-state index contributed by atoms with van der Waals surface area (Å²) in [6, 6.07) is 7.57. The van der Waals surface area contributed by atoms with Crippen LogP contribution in [0.5, 0.6) is 0 Å². The minimum absolute atomic E-state index is 0.105. The summed E-state index contributed by atoms with van der Waals surface area (Å²) in [5.74, 6) is 1.93. The summed E-state index contributed by atoms with van der Waals surface area (Å²) >= 11 is 0. The molecule has 1 saturated carbocycles. The van der Waals surface area contributed by atoms with Gasteiger partial charge >= 0.3 is 0 Å². The molecule has 1 aromatic carbocycles. The lowest BCUT2D eigenvalue weighted by molar-refractivity contribution is -0.117. The summed E-state index contributed by atoms with van der Waals surface area (Å²) in [6.07, 6.45) is 6.82. The van der Waals surface area contributed by atoms with Gasteiger partial charge in [0.1, 0.15) is 5.82 Å². The minimum Gasteiger partial charge on any atom is -0.326 e. The quantitative estimate of drug-likeness (QED) is 0.790. The van der Waals surface area contributed by atoms with Crippen LogP contribution < -0.4 is 11.1 Å². The first-order chi connectivity index (χ1) is 11.2. The first-order valence-electron chi connectivity index (χ1n) is 8.26. The third-order valence-electron chi connectivity index (χ3n) is 4.35. The van der Waals surface area contributed by atoms with Crippen molar-refractivity contribution in [3.05, 3.63) is 30.1 Å². The van der Waals surface area contributed by atoms with Crippen LogP contribution in [0.1, 0.15) is 44.3 Å². The molecular weight excluding hydrogens is 290 g/mol. The molecule has 0 atom stereocenters. The monoisotopic (exact) mass is 313 g/mol. The number of benzene rings is 1. The van der Waals surface area contributed by atoms with Crippen LogP contribution in [0.3, 0.4) is 0 Å². The highest BCUT2D eigenvalue weighted by molar-refractivity contribution is 5.91. The smallest absolute Gasteiger partial charge is 0.224 e. The molecule has 122 valence electrons. The Labute approximate surface area is 135 Å². The van der Waals surface area contributed by atoms with E-state index in [1.54, 1.807) is 0 Å². The number of aromatic amines is 1. The first-order valence-corrected chi connectivity index (χ1v) is 8.26. The Hall–Kier alpha value is -2.21. The largest absolute Gasteiger partial charge is 0.326 e. The average molecular weight is 313 g/mol. The lowest BCUT2D eigenvalue weighted by Crippen LogP contribution is -2.18. The van der Waals surface area contributed by atoms with Crippen LogP contribution in [0.2, 0.25) is 0 Å². The number of nitrogens with one attached hydrogen (secondary N) is 2. The van der Waals surface area contributed by atoms with Crippen LogP contribution in [0.15, 0.2) is 24.3 Å². The molecule has 2 aromatic rings. The van der Waals surface area contributed by atoms with Crippen molar-refractivity contribution in [2.75, 3.05) is 5.32 Å². The van der Waals surface area contributed by atoms with E-state index in [9.17, 15) is 4.79 Å². The molecule has 4 N–H and O–H groups in total. The molecule has 6 heteroatoms. The zero-order valence-electron chi connectivity index (χ0n) is 13.2. The van der Waals surface area contributed by atoms with Crippen molar-refractivity contribution in [3.8, 4) is 11.4 Å². The zero-order valence-corrected chi connectivity index (χ0v) is 13.2. The molecule has 1 amide bonds. The topological polar surface area (TPSA) is 96.7 Å². The summed E-state index contributed by atoms with van der Waals surface area (Å²) < 4.78 is 0. The van der Waals surface area contributed by atoms with E-state index < -0.39 is 0 Å². The number of hydrogen-bond acceptors (Lipinski definition) is 4. The second-order valence-corrected chi connectivity index (χ2v) is 6.14. The van der Waals surface area contributed by atoms with Gasteiger partial charge in [-0.1, -0.05) is 19.3 Å². The third-order valence-corrected chi connectivity index (χ3v) is 4.35. The first kappa shape index (κ1) is 15.7. The maximum absolute atomic E-state index is 12.1. The second kappa shape index (κ2) is 7.37. The van der Waals surface area contributed by atoms with E-state index in [1.807, 2.05) is 24.3 Å². The molecule has 1 aliphatic rings. The Morgan fingerprint density at radius 1 is 1.22 bits per heavy atom. The molecule has 3 rings (SSSR count). The van der Waals surface area contributed by atoms with Gasteiger partial charge in [-0.15, -0.1) is 0 Å². The lowest BCUT2D eigenvalue weighted by atomic mass is 9.87. The predicted molar refractivity (Wildman–Crippen MR) is 89.5 cm³/mol. The maximum atomic E-state index is 12.1. The number of carbonyl (C=O) groups is 1. The molecule has 0 aliphatic heterocycles. The van der Waals surface area contributed by atoms with Gasteiger partial charge in [0.05, 0.1) is 6.54 Å². The number of anilines is 1. The molecule has 0 bridgehead atoms. The summed E-state index contributed by atoms with van der Waals surface area (Å²) in [4.78, 5) is 16.4. The highest BCUT2D eigenvalue weighted by atomic mass is 16.1. The molecular formula is C17H23N5O. The molecule has 1 aromatic heterocycles. The normalized spacial score (nSPS) is 15.5. The molecule has 1 fully saturated rings. The predicted octanol–water partition coefficient (Wildman–Crippen LogP) is 2.84. The number of nitrogens with zero attached hydrogens (tertiary/aromatic N) is 2. The van der Waals surface area contributed by atoms with Crippen molar-refractivity contribution in [1.82, 2.24) is 15.2 Å². The summed E-state index contributed by atoms with van der Waals surface area (Å²) in [5, 5.41) is 9.89. The van der Waals surface area contributed by atoms with Crippen LogP contribution in [-0.4, -0.2) is 21.1 Å². The van der Waals surface area contributed by atoms with Gasteiger partial charge in [0.25, 0.3) is 0 Å². The van der Waals surface area contributed by atoms with Gasteiger partial charge in [-0.25, -0.2) is 4.98 Å². The van der Waals surface area contributed by atoms with Gasteiger partial charge in [-0.3, -0.25) is 9.89 Å². The zero-order chi connectivity index (χ0) is 16.1. The van der Waals surface area contributed by atoms with Crippen molar-refractivity contribution >= 4 is 11.6 Å². The fraction of sp³-hybridized carbons (Fsp3) is 0.471. The van der Waals surface area contributed by atoms with Crippen LogP contribution in [-0.2, 0) is 11.3 Å². The van der Waals surface area contributed by atoms with Gasteiger partial charge < -0.3 is 11.1 Å². The van der Waals surface area contributed by atoms with Crippen LogP contribution in [0.25, 0.3) is 11.4 Å². The Kier molecular flexibility index (Phi) is 5.02. The molecule has 0 saturated heterocycles. The van der Waals surface area contributed by atoms with E-state index in [1.165, 1.54) is 32.1 Å². The average Bonchev–Trinajstić information content (AvgIpc) is 3.05. The van der Waals surface area contributed by atoms with E-state index in [2.05, 4.69) is 20.5 Å². The number of amides is 1. The molecule has 1 aliphatic carbocycles. The van der Waals surface area contributed by atoms with Crippen LogP contribution >= 0.6 is 0 Å². The van der Waals surface area contributed by atoms with Gasteiger partial charge in [0, 0.05) is 17.7 Å². The maximum Gasteiger partial charge on any atom is 0.224 e. The van der Waals surface area contributed by atoms with Crippen molar-refractivity contribution in [2.45, 2.75) is 45.1 Å². The molecule has 6 nitrogen and oxygen atoms in total. The molecule has 0 unspecified atom stereocenters. The Balaban J connectivity index is 1.57. The Morgan fingerprint density at radius 2 is 1.96 bits per heavy atom. The van der Waals surface area contributed by atoms with E-state index >= 15 is 0 Å². The fourth-order valence-electron chi connectivity index (χ4n) is 3.08. The van der Waals surface area contributed by atoms with E-state index in [-0.39, 0.29) is 5.91 Å². The van der Waals surface area contributed by atoms with Gasteiger partial charge in [0.15, 0.2) is 5.82 Å². The number of nitrogens with two attached hydrogens (primary N) is 1. The molecule has 0 spiro atoms. The van der Waals surface area contributed by atoms with Crippen molar-refractivity contribution in [2.24, 2.45) is 11.7 Å². The van der Waals surface area contributed by atoms with E-state index in [0.29, 0.717) is 30.5 Å². The lowest BCUT2D eigenvalue weighted by Gasteiger charge is -2.20. The highest BCUT2D eigenvalue weighted by Gasteiger charge is 2.17. The highest BCUT2D eigenvalue weighted by Crippen LogP contribution is 2.26. The summed E-state index contributed by atoms with van der Waals surface area (Å²) in [7, 11) is 0. The Bertz CT molecular complexity index is 643. The summed E-state index contributed by atoms with van der Waals surface area (Å²) in [5.41, 5.74) is 7.22. The number of carbonyl (C=O) groups excluding carboxylic acids is 1. The van der Waals surface area contributed by atoms with Crippen molar-refractivity contribution in [3.63, 3.8) is 0 Å². The van der Waals surface area contributed by atoms with Gasteiger partial charge in [-0.2, -0.15) is 5.10 Å². The van der Waals surface area contributed by atoms with E-state index in [4.69, 9.17) is 5.73 Å². The SMILES string of the molecule is NCc1nc(-c2ccc(NC(=O)CC3CCCCC3)cc2)n[nH]1. The standard InChI is InChI=1S/C17H23N5O/c18-11-15-20-17(22-21-15)13-6-8-14(9-7-13)19-16(23)10-12-4-2-1-3-5-12/h6-9,12H,1-5,10-11,18H2,(H,19,23)(H,20,21,22). The van der Waals surface area contributed by atoms with E-state index in [0.717, 1.165) is 11.3 Å². The van der Waals surface area contributed by atoms with Crippen molar-refractivity contribution in [1.29, 1.82) is 0 Å². The Morgan fingerprint density at radius 3 is 2.61 bits per heavy atom. The number of H-pyrrole nitrogens is 1. The third kappa shape index (κ3) is 4.16. The van der Waals surface area contributed by atoms with Gasteiger partial charge in [-0.05, 0) is 43.0 Å². The van der Waals surface area contributed by atoms with Crippen LogP contribution in [0.4, 0.5) is 5.69 Å². The summed E-state index contributed by atoms with van der Waals surface area (Å²) in [6.45, 7) is 0.336. The van der Waals surface area contributed by atoms with Crippen LogP contribution in [0, 0.1) is 5.92 Å². The van der Waals surface area contributed by atoms with Crippen molar-refractivity contribution < 1.29 is 4.79 Å². The number of hydrogen-bond donors (Lipinski definition) is 3. The second-order valence-electron chi connectivity index (χ2n) is 6.14. The molecule has 23 heavy (non-hydrogen) atoms. The number of aromatic nitrogens is 3.